The van der Waals surface area contributed by atoms with E-state index >= 15 is 0 Å². The predicted octanol–water partition coefficient (Wildman–Crippen LogP) is 28.9. The van der Waals surface area contributed by atoms with Gasteiger partial charge in [-0.25, -0.2) is 0 Å². The van der Waals surface area contributed by atoms with Crippen LogP contribution in [0, 0.1) is 0 Å². The number of aromatic nitrogens is 1. The lowest BCUT2D eigenvalue weighted by atomic mass is 9.70. The lowest BCUT2D eigenvalue weighted by molar-refractivity contribution is 0.660. The van der Waals surface area contributed by atoms with Gasteiger partial charge in [-0.1, -0.05) is 350 Å². The molecule has 0 saturated carbocycles. The summed E-state index contributed by atoms with van der Waals surface area (Å²) < 4.78 is 2.48. The molecule has 0 radical (unpaired) electrons. The van der Waals surface area contributed by atoms with E-state index in [0.29, 0.717) is 6.54 Å². The zero-order valence-electron chi connectivity index (χ0n) is 65.0. The molecule has 0 fully saturated rings. The van der Waals surface area contributed by atoms with E-state index in [-0.39, 0.29) is 10.8 Å². The number of anilines is 1. The van der Waals surface area contributed by atoms with E-state index in [1.54, 1.807) is 0 Å². The molecule has 2 heteroatoms. The topological polar surface area (TPSA) is 8.17 Å². The average Bonchev–Trinajstić information content (AvgIpc) is 1.51. The second-order valence-electron chi connectivity index (χ2n) is 33.1. The smallest absolute Gasteiger partial charge is 0.0725 e. The number of hydrogen-bond acceptors (Lipinski definition) is 1. The standard InChI is InChI=1S/C113H82N2/c1-71-25-10-8-24-60-114(109-69-78-29-13-12-28-77(78)27-11-7-9-26-72(109)2)106-58-50-79(65-96(71)106)81-48-56-90-88-52-44-73(61-100(88)111(3,4)102(90)67-81)40-42-75-46-54-92-93-55-47-76(64-105(93)113(104(92)63-75)98-37-21-18-33-86(98)87-34-19-22-38-99(87)113)43-41-74-45-53-89-91-57-49-82(68-103(91)112(5,6)101(89)62-74)80-51-59-108-97(66-80)95-36-20-23-39-107(95)115(108)110-70-83-30-14-15-31-84(83)85-32-16-17-35-94(85)110/h7-26,28-59,61-70H,1-2,27,60H2,3-6H3/b11-7-,24-8-,25-10-,26-9-,42-40+,43-41+,109-69?. The summed E-state index contributed by atoms with van der Waals surface area (Å²) in [5, 5.41) is 7.54. The molecule has 6 aliphatic rings. The number of para-hydroxylation sites is 1. The zero-order chi connectivity index (χ0) is 77.0. The van der Waals surface area contributed by atoms with Crippen LogP contribution in [0.5, 0.6) is 0 Å². The van der Waals surface area contributed by atoms with Crippen molar-refractivity contribution < 1.29 is 0 Å². The molecule has 1 aliphatic heterocycles. The average molecular weight is 1470 g/mol. The molecule has 0 bridgehead atoms. The normalized spacial score (nSPS) is 16.6. The van der Waals surface area contributed by atoms with E-state index in [4.69, 9.17) is 0 Å². The second kappa shape index (κ2) is 26.1. The van der Waals surface area contributed by atoms with Gasteiger partial charge in [-0.3, -0.25) is 0 Å². The van der Waals surface area contributed by atoms with Crippen molar-refractivity contribution >= 4 is 85.0 Å². The summed E-state index contributed by atoms with van der Waals surface area (Å²) in [6.45, 7) is 19.6. The van der Waals surface area contributed by atoms with E-state index in [1.807, 2.05) is 0 Å². The summed E-state index contributed by atoms with van der Waals surface area (Å²) in [4.78, 5) is 2.40. The Hall–Kier alpha value is -13.9. The summed E-state index contributed by atoms with van der Waals surface area (Å²) in [6.07, 6.45) is 29.7. The van der Waals surface area contributed by atoms with Crippen LogP contribution in [0.2, 0.25) is 0 Å². The molecule has 0 amide bonds. The molecule has 2 heterocycles. The van der Waals surface area contributed by atoms with Crippen LogP contribution in [0.4, 0.5) is 5.69 Å². The van der Waals surface area contributed by atoms with Crippen LogP contribution in [0.3, 0.4) is 0 Å². The fraction of sp³-hybridized carbons (Fsp3) is 0.0796. The number of rotatable bonds is 8. The molecule has 0 unspecified atom stereocenters. The molecule has 22 rings (SSSR count). The number of hydrogen-bond donors (Lipinski definition) is 0. The monoisotopic (exact) mass is 1470 g/mol. The van der Waals surface area contributed by atoms with Gasteiger partial charge >= 0.3 is 0 Å². The highest BCUT2D eigenvalue weighted by Crippen LogP contribution is 2.64. The van der Waals surface area contributed by atoms with Gasteiger partial charge in [-0.15, -0.1) is 0 Å². The first-order valence-electron chi connectivity index (χ1n) is 40.5. The van der Waals surface area contributed by atoms with E-state index in [0.717, 1.165) is 40.1 Å². The second-order valence-corrected chi connectivity index (χ2v) is 33.1. The third-order valence-electron chi connectivity index (χ3n) is 26.1. The van der Waals surface area contributed by atoms with Crippen LogP contribution in [-0.4, -0.2) is 11.1 Å². The van der Waals surface area contributed by atoms with Crippen molar-refractivity contribution in [1.29, 1.82) is 0 Å². The van der Waals surface area contributed by atoms with Crippen molar-refractivity contribution in [3.05, 3.63) is 454 Å². The molecule has 5 aliphatic carbocycles. The van der Waals surface area contributed by atoms with Crippen molar-refractivity contribution in [2.24, 2.45) is 0 Å². The van der Waals surface area contributed by atoms with Crippen LogP contribution in [0.15, 0.2) is 370 Å². The Balaban J connectivity index is 0.552. The van der Waals surface area contributed by atoms with Crippen molar-refractivity contribution in [3.63, 3.8) is 0 Å². The molecular weight excluding hydrogens is 1390 g/mol. The Morgan fingerprint density at radius 3 is 1.40 bits per heavy atom. The minimum absolute atomic E-state index is 0.223. The zero-order valence-corrected chi connectivity index (χ0v) is 65.0. The third-order valence-corrected chi connectivity index (χ3v) is 26.1. The number of allylic oxidation sites excluding steroid dienone is 8. The van der Waals surface area contributed by atoms with Crippen LogP contribution in [0.1, 0.15) is 111 Å². The maximum Gasteiger partial charge on any atom is 0.0725 e. The van der Waals surface area contributed by atoms with Gasteiger partial charge in [0.1, 0.15) is 0 Å². The Labute approximate surface area is 673 Å². The number of fused-ring (bicyclic) bond motifs is 24. The molecular formula is C113H82N2. The molecule has 544 valence electrons. The highest BCUT2D eigenvalue weighted by atomic mass is 15.1. The Bertz CT molecular complexity index is 7150. The van der Waals surface area contributed by atoms with Gasteiger partial charge in [-0.05, 0) is 245 Å². The summed E-state index contributed by atoms with van der Waals surface area (Å²) in [7, 11) is 0. The van der Waals surface area contributed by atoms with Gasteiger partial charge in [0.25, 0.3) is 0 Å². The van der Waals surface area contributed by atoms with Gasteiger partial charge in [0, 0.05) is 50.5 Å². The minimum atomic E-state index is -0.516. The first kappa shape index (κ1) is 67.9. The fourth-order valence-electron chi connectivity index (χ4n) is 20.4. The molecule has 0 saturated heterocycles. The van der Waals surface area contributed by atoms with Crippen molar-refractivity contribution in [1.82, 2.24) is 4.57 Å². The largest absolute Gasteiger partial charge is 0.337 e. The molecule has 1 spiro atoms. The van der Waals surface area contributed by atoms with E-state index in [2.05, 4.69) is 427 Å². The number of benzene rings is 15. The summed E-state index contributed by atoms with van der Waals surface area (Å²) in [5.41, 5.74) is 40.9. The molecule has 16 aromatic rings. The lowest BCUT2D eigenvalue weighted by Gasteiger charge is -2.30. The highest BCUT2D eigenvalue weighted by molar-refractivity contribution is 6.16. The quantitative estimate of drug-likeness (QED) is 0.109. The SMILES string of the molecule is C=C1/C=C\C=C/Cc2ccccc2C=C1N1C/C=C\C=C/C(=C)c2cc(-c3ccc4c(c3)C(C)(C)c3cc(/C=C/c5ccc6c(c5)C5(c7ccccc7-c7ccccc75)c5cc(/C=C/c7ccc8c(c7)C(C)(C)c7cc(-c9ccc%10c(c9)c9ccccc9n%10-c9cc%10ccccc%10c%10ccccc9%10)ccc7-8)ccc5-6)ccc3-4)ccc21. The molecule has 15 aromatic carbocycles. The molecule has 2 nitrogen and oxygen atoms in total. The first-order valence-corrected chi connectivity index (χ1v) is 40.5. The van der Waals surface area contributed by atoms with Gasteiger partial charge in [-0.2, -0.15) is 0 Å². The third kappa shape index (κ3) is 10.6. The van der Waals surface area contributed by atoms with E-state index in [1.165, 1.54) is 188 Å². The van der Waals surface area contributed by atoms with Crippen LogP contribution < -0.4 is 4.90 Å². The lowest BCUT2D eigenvalue weighted by Crippen LogP contribution is -2.26. The predicted molar refractivity (Wildman–Crippen MR) is 489 cm³/mol. The molecule has 115 heavy (non-hydrogen) atoms. The summed E-state index contributed by atoms with van der Waals surface area (Å²) >= 11 is 0. The van der Waals surface area contributed by atoms with E-state index in [9.17, 15) is 0 Å². The van der Waals surface area contributed by atoms with Crippen molar-refractivity contribution in [2.45, 2.75) is 50.4 Å². The summed E-state index contributed by atoms with van der Waals surface area (Å²) in [5.74, 6) is 0. The van der Waals surface area contributed by atoms with E-state index < -0.39 is 5.41 Å². The van der Waals surface area contributed by atoms with Crippen molar-refractivity contribution in [2.75, 3.05) is 11.4 Å². The van der Waals surface area contributed by atoms with Gasteiger partial charge in [0.05, 0.1) is 22.1 Å². The van der Waals surface area contributed by atoms with Gasteiger partial charge in [0.15, 0.2) is 0 Å². The van der Waals surface area contributed by atoms with Crippen LogP contribution in [0.25, 0.3) is 152 Å². The molecule has 1 aromatic heterocycles. The van der Waals surface area contributed by atoms with Gasteiger partial charge < -0.3 is 9.47 Å². The van der Waals surface area contributed by atoms with Gasteiger partial charge in [0.2, 0.25) is 0 Å². The number of nitrogens with zero attached hydrogens (tertiary/aromatic N) is 2. The maximum atomic E-state index is 4.67. The van der Waals surface area contributed by atoms with Crippen LogP contribution in [-0.2, 0) is 22.7 Å². The Morgan fingerprint density at radius 1 is 0.313 bits per heavy atom. The molecule has 0 N–H and O–H groups in total. The Kier molecular flexibility index (Phi) is 15.4. The first-order chi connectivity index (χ1) is 56.3. The fourth-order valence-corrected chi connectivity index (χ4v) is 20.4. The molecule has 0 atom stereocenters. The summed E-state index contributed by atoms with van der Waals surface area (Å²) in [6, 6.07) is 113. The highest BCUT2D eigenvalue weighted by Gasteiger charge is 2.52. The maximum absolute atomic E-state index is 4.67. The Morgan fingerprint density at radius 2 is 0.765 bits per heavy atom. The minimum Gasteiger partial charge on any atom is -0.337 e. The van der Waals surface area contributed by atoms with Crippen LogP contribution >= 0.6 is 0 Å². The van der Waals surface area contributed by atoms with Crippen molar-refractivity contribution in [3.8, 4) is 72.4 Å².